The molecule has 178 valence electrons. The van der Waals surface area contributed by atoms with E-state index in [0.717, 1.165) is 28.0 Å². The molecule has 0 saturated carbocycles. The zero-order chi connectivity index (χ0) is 24.6. The second-order valence-corrected chi connectivity index (χ2v) is 8.02. The fourth-order valence-corrected chi connectivity index (χ4v) is 3.51. The van der Waals surface area contributed by atoms with E-state index in [2.05, 4.69) is 10.4 Å². The van der Waals surface area contributed by atoms with Crippen molar-refractivity contribution < 1.29 is 18.7 Å². The maximum Gasteiger partial charge on any atom is 0.249 e. The number of amides is 1. The number of nitrogens with zero attached hydrogens (tertiary/aromatic N) is 2. The lowest BCUT2D eigenvalue weighted by atomic mass is 10.1. The molecule has 0 saturated heterocycles. The topological polar surface area (TPSA) is 65.4 Å². The predicted molar refractivity (Wildman–Crippen MR) is 134 cm³/mol. The Kier molecular flexibility index (Phi) is 7.57. The van der Waals surface area contributed by atoms with Crippen LogP contribution in [0.15, 0.2) is 85.1 Å². The summed E-state index contributed by atoms with van der Waals surface area (Å²) in [5.74, 6) is 1.35. The van der Waals surface area contributed by atoms with E-state index in [-0.39, 0.29) is 11.7 Å². The van der Waals surface area contributed by atoms with Gasteiger partial charge in [-0.15, -0.1) is 0 Å². The number of anilines is 1. The minimum atomic E-state index is -0.301. The summed E-state index contributed by atoms with van der Waals surface area (Å²) in [5.41, 5.74) is 3.74. The van der Waals surface area contributed by atoms with Crippen LogP contribution in [0.2, 0.25) is 0 Å². The van der Waals surface area contributed by atoms with Gasteiger partial charge in [0.15, 0.2) is 5.82 Å². The summed E-state index contributed by atoms with van der Waals surface area (Å²) < 4.78 is 26.1. The third-order valence-electron chi connectivity index (χ3n) is 5.27. The minimum Gasteiger partial charge on any atom is -0.496 e. The van der Waals surface area contributed by atoms with Crippen LogP contribution in [0.1, 0.15) is 22.3 Å². The average Bonchev–Trinajstić information content (AvgIpc) is 3.29. The quantitative estimate of drug-likeness (QED) is 0.322. The number of nitrogens with one attached hydrogen (secondary N) is 1. The number of ether oxygens (including phenoxy) is 2. The van der Waals surface area contributed by atoms with Gasteiger partial charge in [0.2, 0.25) is 5.91 Å². The molecule has 4 rings (SSSR count). The number of benzene rings is 3. The first-order valence-corrected chi connectivity index (χ1v) is 11.1. The largest absolute Gasteiger partial charge is 0.496 e. The smallest absolute Gasteiger partial charge is 0.249 e. The van der Waals surface area contributed by atoms with Crippen molar-refractivity contribution in [1.82, 2.24) is 9.78 Å². The van der Waals surface area contributed by atoms with Crippen LogP contribution in [0.5, 0.6) is 11.5 Å². The molecule has 0 spiro atoms. The molecule has 6 nitrogen and oxygen atoms in total. The van der Waals surface area contributed by atoms with Crippen LogP contribution < -0.4 is 14.8 Å². The van der Waals surface area contributed by atoms with Gasteiger partial charge in [-0.1, -0.05) is 30.3 Å². The van der Waals surface area contributed by atoms with Gasteiger partial charge in [-0.05, 0) is 66.1 Å². The predicted octanol–water partition coefficient (Wildman–Crippen LogP) is 5.62. The molecule has 0 fully saturated rings. The van der Waals surface area contributed by atoms with E-state index in [4.69, 9.17) is 9.47 Å². The van der Waals surface area contributed by atoms with E-state index in [1.54, 1.807) is 42.3 Å². The maximum atomic E-state index is 13.1. The Bertz CT molecular complexity index is 1330. The summed E-state index contributed by atoms with van der Waals surface area (Å²) in [4.78, 5) is 12.4. The van der Waals surface area contributed by atoms with Crippen LogP contribution in [0.25, 0.3) is 6.08 Å². The normalized spacial score (nSPS) is 10.9. The monoisotopic (exact) mass is 471 g/mol. The zero-order valence-electron chi connectivity index (χ0n) is 19.6. The highest BCUT2D eigenvalue weighted by Crippen LogP contribution is 2.23. The summed E-state index contributed by atoms with van der Waals surface area (Å²) in [6.07, 6.45) is 4.93. The molecule has 0 aliphatic rings. The lowest BCUT2D eigenvalue weighted by Crippen LogP contribution is -2.09. The second kappa shape index (κ2) is 11.2. The Morgan fingerprint density at radius 2 is 1.91 bits per heavy atom. The van der Waals surface area contributed by atoms with Crippen molar-refractivity contribution in [3.05, 3.63) is 113 Å². The Balaban J connectivity index is 1.36. The number of halogens is 1. The average molecular weight is 472 g/mol. The number of methoxy groups -OCH3 is 1. The first-order chi connectivity index (χ1) is 17.0. The molecule has 0 atom stereocenters. The molecule has 1 aromatic heterocycles. The third kappa shape index (κ3) is 6.80. The van der Waals surface area contributed by atoms with Crippen LogP contribution in [0, 0.1) is 12.7 Å². The van der Waals surface area contributed by atoms with E-state index in [9.17, 15) is 9.18 Å². The van der Waals surface area contributed by atoms with Crippen molar-refractivity contribution in [3.63, 3.8) is 0 Å². The summed E-state index contributed by atoms with van der Waals surface area (Å²) in [5, 5.41) is 7.09. The van der Waals surface area contributed by atoms with Crippen LogP contribution in [0.3, 0.4) is 0 Å². The highest BCUT2D eigenvalue weighted by molar-refractivity contribution is 6.01. The molecule has 1 N–H and O–H groups in total. The molecular formula is C28H26FN3O3. The van der Waals surface area contributed by atoms with Crippen LogP contribution in [0.4, 0.5) is 10.2 Å². The molecule has 0 radical (unpaired) electrons. The first kappa shape index (κ1) is 23.8. The lowest BCUT2D eigenvalue weighted by molar-refractivity contribution is -0.111. The molecule has 1 heterocycles. The van der Waals surface area contributed by atoms with Gasteiger partial charge in [-0.25, -0.2) is 4.39 Å². The van der Waals surface area contributed by atoms with E-state index in [1.165, 1.54) is 18.2 Å². The number of aromatic nitrogens is 2. The summed E-state index contributed by atoms with van der Waals surface area (Å²) >= 11 is 0. The summed E-state index contributed by atoms with van der Waals surface area (Å²) in [6, 6.07) is 21.4. The molecule has 0 bridgehead atoms. The van der Waals surface area contributed by atoms with E-state index >= 15 is 0 Å². The third-order valence-corrected chi connectivity index (χ3v) is 5.27. The highest BCUT2D eigenvalue weighted by Gasteiger charge is 2.07. The molecule has 1 amide bonds. The Labute approximate surface area is 203 Å². The van der Waals surface area contributed by atoms with Gasteiger partial charge in [0.1, 0.15) is 23.9 Å². The maximum absolute atomic E-state index is 13.1. The fraction of sp³-hybridized carbons (Fsp3) is 0.143. The molecule has 4 aromatic rings. The minimum absolute atomic E-state index is 0.281. The van der Waals surface area contributed by atoms with Crippen LogP contribution >= 0.6 is 0 Å². The van der Waals surface area contributed by atoms with Gasteiger partial charge < -0.3 is 14.8 Å². The van der Waals surface area contributed by atoms with Gasteiger partial charge in [-0.2, -0.15) is 5.10 Å². The number of rotatable bonds is 9. The van der Waals surface area contributed by atoms with Gasteiger partial charge in [0.25, 0.3) is 0 Å². The van der Waals surface area contributed by atoms with Crippen LogP contribution in [-0.4, -0.2) is 22.8 Å². The van der Waals surface area contributed by atoms with Crippen molar-refractivity contribution in [2.24, 2.45) is 0 Å². The van der Waals surface area contributed by atoms with Crippen molar-refractivity contribution in [2.75, 3.05) is 12.4 Å². The zero-order valence-corrected chi connectivity index (χ0v) is 19.6. The molecule has 0 aliphatic carbocycles. The van der Waals surface area contributed by atoms with Gasteiger partial charge >= 0.3 is 0 Å². The number of carbonyl (C=O) groups excluding carboxylic acids is 1. The molecule has 0 aliphatic heterocycles. The number of carbonyl (C=O) groups is 1. The standard InChI is InChI=1S/C28H26FN3O3/c1-20-4-3-5-25(16-20)35-19-23-17-21(8-12-26(23)34-2)9-13-28(33)30-27-14-15-32(31-27)18-22-6-10-24(29)11-7-22/h3-17H,18-19H2,1-2H3,(H,30,31,33)/b13-9+. The number of hydrogen-bond donors (Lipinski definition) is 1. The van der Waals surface area contributed by atoms with Crippen molar-refractivity contribution in [2.45, 2.75) is 20.1 Å². The fourth-order valence-electron chi connectivity index (χ4n) is 3.51. The Hall–Kier alpha value is -4.39. The Morgan fingerprint density at radius 1 is 1.09 bits per heavy atom. The highest BCUT2D eigenvalue weighted by atomic mass is 19.1. The van der Waals surface area contributed by atoms with Gasteiger partial charge in [0.05, 0.1) is 13.7 Å². The molecule has 35 heavy (non-hydrogen) atoms. The van der Waals surface area contributed by atoms with Crippen molar-refractivity contribution >= 4 is 17.8 Å². The number of hydrogen-bond acceptors (Lipinski definition) is 4. The van der Waals surface area contributed by atoms with E-state index in [0.29, 0.717) is 24.7 Å². The molecule has 7 heteroatoms. The van der Waals surface area contributed by atoms with Crippen molar-refractivity contribution in [1.29, 1.82) is 0 Å². The van der Waals surface area contributed by atoms with E-state index < -0.39 is 0 Å². The summed E-state index contributed by atoms with van der Waals surface area (Å²) in [6.45, 7) is 2.83. The number of aryl methyl sites for hydroxylation is 1. The van der Waals surface area contributed by atoms with E-state index in [1.807, 2.05) is 49.4 Å². The molecular weight excluding hydrogens is 445 g/mol. The Morgan fingerprint density at radius 3 is 2.69 bits per heavy atom. The molecule has 3 aromatic carbocycles. The molecule has 0 unspecified atom stereocenters. The van der Waals surface area contributed by atoms with Crippen LogP contribution in [-0.2, 0) is 17.9 Å². The van der Waals surface area contributed by atoms with Crippen molar-refractivity contribution in [3.8, 4) is 11.5 Å². The van der Waals surface area contributed by atoms with Gasteiger partial charge in [0, 0.05) is 23.9 Å². The lowest BCUT2D eigenvalue weighted by Gasteiger charge is -2.11. The summed E-state index contributed by atoms with van der Waals surface area (Å²) in [7, 11) is 1.61. The second-order valence-electron chi connectivity index (χ2n) is 8.02. The SMILES string of the molecule is COc1ccc(/C=C/C(=O)Nc2ccn(Cc3ccc(F)cc3)n2)cc1COc1cccc(C)c1. The first-order valence-electron chi connectivity index (χ1n) is 11.1. The van der Waals surface area contributed by atoms with Gasteiger partial charge in [-0.3, -0.25) is 9.48 Å².